The summed E-state index contributed by atoms with van der Waals surface area (Å²) in [6, 6.07) is 2.39. The van der Waals surface area contributed by atoms with Crippen molar-refractivity contribution in [3.63, 3.8) is 0 Å². The van der Waals surface area contributed by atoms with Gasteiger partial charge in [-0.05, 0) is 51.4 Å². The molecule has 2 nitrogen and oxygen atoms in total. The number of piperidine rings is 1. The highest BCUT2D eigenvalue weighted by molar-refractivity contribution is 4.96. The van der Waals surface area contributed by atoms with Crippen LogP contribution in [-0.4, -0.2) is 36.1 Å². The first-order chi connectivity index (χ1) is 10.2. The molecule has 2 unspecified atom stereocenters. The average Bonchev–Trinajstić information content (AvgIpc) is 2.40. The van der Waals surface area contributed by atoms with Gasteiger partial charge in [0.15, 0.2) is 0 Å². The fourth-order valence-corrected chi connectivity index (χ4v) is 5.06. The summed E-state index contributed by atoms with van der Waals surface area (Å²) in [5, 5.41) is 4.16. The van der Waals surface area contributed by atoms with Gasteiger partial charge in [-0.25, -0.2) is 0 Å². The molecule has 1 N–H and O–H groups in total. The van der Waals surface area contributed by atoms with E-state index < -0.39 is 0 Å². The first kappa shape index (κ1) is 15.8. The number of rotatable bonds is 3. The van der Waals surface area contributed by atoms with E-state index in [9.17, 15) is 0 Å². The molecule has 1 heterocycles. The molecule has 2 atom stereocenters. The van der Waals surface area contributed by atoms with Gasteiger partial charge in [0.2, 0.25) is 0 Å². The number of hydrogen-bond donors (Lipinski definition) is 1. The molecule has 0 amide bonds. The highest BCUT2D eigenvalue weighted by atomic mass is 15.2. The minimum atomic E-state index is 0.732. The molecule has 2 heteroatoms. The molecule has 2 aliphatic carbocycles. The molecular weight excluding hydrogens is 256 g/mol. The van der Waals surface area contributed by atoms with E-state index >= 15 is 0 Å². The molecule has 0 aromatic carbocycles. The van der Waals surface area contributed by atoms with E-state index in [0.29, 0.717) is 0 Å². The summed E-state index contributed by atoms with van der Waals surface area (Å²) < 4.78 is 0. The molecular formula is C19H36N2. The van der Waals surface area contributed by atoms with Crippen molar-refractivity contribution in [2.75, 3.05) is 13.1 Å². The van der Waals surface area contributed by atoms with Gasteiger partial charge in [-0.15, -0.1) is 0 Å². The highest BCUT2D eigenvalue weighted by Crippen LogP contribution is 2.36. The lowest BCUT2D eigenvalue weighted by molar-refractivity contribution is 0.0235. The molecule has 0 aromatic rings. The number of fused-ring (bicyclic) bond motifs is 2. The fraction of sp³-hybridized carbons (Fsp3) is 1.00. The molecule has 2 saturated carbocycles. The molecule has 1 aliphatic heterocycles. The normalized spacial score (nSPS) is 36.4. The van der Waals surface area contributed by atoms with Gasteiger partial charge in [-0.3, -0.25) is 0 Å². The quantitative estimate of drug-likeness (QED) is 0.839. The molecule has 21 heavy (non-hydrogen) atoms. The van der Waals surface area contributed by atoms with Gasteiger partial charge >= 0.3 is 0 Å². The summed E-state index contributed by atoms with van der Waals surface area (Å²) in [5.41, 5.74) is 0. The number of likely N-dealkylation sites (tertiary alicyclic amines) is 1. The van der Waals surface area contributed by atoms with Crippen LogP contribution < -0.4 is 5.32 Å². The van der Waals surface area contributed by atoms with Gasteiger partial charge in [0.25, 0.3) is 0 Å². The van der Waals surface area contributed by atoms with Crippen molar-refractivity contribution < 1.29 is 0 Å². The first-order valence-electron chi connectivity index (χ1n) is 9.74. The molecule has 0 spiro atoms. The summed E-state index contributed by atoms with van der Waals surface area (Å²) in [6.07, 6.45) is 14.6. The lowest BCUT2D eigenvalue weighted by Gasteiger charge is -2.50. The highest BCUT2D eigenvalue weighted by Gasteiger charge is 2.40. The van der Waals surface area contributed by atoms with Crippen LogP contribution in [-0.2, 0) is 0 Å². The Bertz CT molecular complexity index is 293. The Morgan fingerprint density at radius 3 is 1.90 bits per heavy atom. The molecule has 2 bridgehead atoms. The van der Waals surface area contributed by atoms with Gasteiger partial charge in [-0.2, -0.15) is 0 Å². The Kier molecular flexibility index (Phi) is 5.61. The van der Waals surface area contributed by atoms with Crippen molar-refractivity contribution >= 4 is 0 Å². The second-order valence-electron chi connectivity index (χ2n) is 8.23. The van der Waals surface area contributed by atoms with E-state index in [-0.39, 0.29) is 0 Å². The third-order valence-corrected chi connectivity index (χ3v) is 6.37. The van der Waals surface area contributed by atoms with Gasteiger partial charge in [0.1, 0.15) is 0 Å². The van der Waals surface area contributed by atoms with E-state index in [2.05, 4.69) is 24.1 Å². The fourth-order valence-electron chi connectivity index (χ4n) is 5.06. The molecule has 0 aromatic heterocycles. The Balaban J connectivity index is 1.59. The van der Waals surface area contributed by atoms with Gasteiger partial charge in [-0.1, -0.05) is 38.5 Å². The molecule has 1 saturated heterocycles. The molecule has 122 valence electrons. The van der Waals surface area contributed by atoms with E-state index in [1.807, 2.05) is 0 Å². The third-order valence-electron chi connectivity index (χ3n) is 6.37. The van der Waals surface area contributed by atoms with E-state index in [1.165, 1.54) is 77.3 Å². The Labute approximate surface area is 132 Å². The predicted octanol–water partition coefficient (Wildman–Crippen LogP) is 4.20. The van der Waals surface area contributed by atoms with Crippen molar-refractivity contribution in [2.24, 2.45) is 11.8 Å². The predicted molar refractivity (Wildman–Crippen MR) is 90.6 cm³/mol. The van der Waals surface area contributed by atoms with Crippen LogP contribution in [0.1, 0.15) is 78.1 Å². The van der Waals surface area contributed by atoms with Crippen LogP contribution in [0.5, 0.6) is 0 Å². The standard InChI is InChI=1S/C19H36N2/c1-15(2)21-13-16-9-8-10-17(14-21)19(16)20-18-11-6-4-3-5-7-12-18/h15-20H,3-14H2,1-2H3. The van der Waals surface area contributed by atoms with Crippen molar-refractivity contribution in [1.82, 2.24) is 10.2 Å². The molecule has 3 rings (SSSR count). The average molecular weight is 293 g/mol. The summed E-state index contributed by atoms with van der Waals surface area (Å²) >= 11 is 0. The summed E-state index contributed by atoms with van der Waals surface area (Å²) in [4.78, 5) is 2.74. The molecule has 3 fully saturated rings. The monoisotopic (exact) mass is 292 g/mol. The van der Waals surface area contributed by atoms with Crippen molar-refractivity contribution in [3.8, 4) is 0 Å². The smallest absolute Gasteiger partial charge is 0.0151 e. The zero-order chi connectivity index (χ0) is 14.7. The molecule has 0 radical (unpaired) electrons. The maximum atomic E-state index is 4.16. The largest absolute Gasteiger partial charge is 0.311 e. The number of nitrogens with one attached hydrogen (secondary N) is 1. The lowest BCUT2D eigenvalue weighted by Crippen LogP contribution is -2.60. The summed E-state index contributed by atoms with van der Waals surface area (Å²) in [7, 11) is 0. The van der Waals surface area contributed by atoms with Crippen LogP contribution in [0.2, 0.25) is 0 Å². The van der Waals surface area contributed by atoms with Crippen LogP contribution in [0, 0.1) is 11.8 Å². The van der Waals surface area contributed by atoms with Crippen molar-refractivity contribution in [3.05, 3.63) is 0 Å². The summed E-state index contributed by atoms with van der Waals surface area (Å²) in [5.74, 6) is 1.84. The van der Waals surface area contributed by atoms with E-state index in [0.717, 1.165) is 30.0 Å². The number of hydrogen-bond acceptors (Lipinski definition) is 2. The minimum Gasteiger partial charge on any atom is -0.311 e. The van der Waals surface area contributed by atoms with Crippen molar-refractivity contribution in [2.45, 2.75) is 96.2 Å². The second kappa shape index (κ2) is 7.46. The van der Waals surface area contributed by atoms with Crippen molar-refractivity contribution in [1.29, 1.82) is 0 Å². The Morgan fingerprint density at radius 2 is 1.33 bits per heavy atom. The molecule has 3 aliphatic rings. The zero-order valence-corrected chi connectivity index (χ0v) is 14.3. The Hall–Kier alpha value is -0.0800. The number of nitrogens with zero attached hydrogens (tertiary/aromatic N) is 1. The third kappa shape index (κ3) is 4.01. The zero-order valence-electron chi connectivity index (χ0n) is 14.3. The SMILES string of the molecule is CC(C)N1CC2CCCC(C1)C2NC1CCCCCCC1. The summed E-state index contributed by atoms with van der Waals surface area (Å²) in [6.45, 7) is 7.44. The van der Waals surface area contributed by atoms with Crippen LogP contribution in [0.25, 0.3) is 0 Å². The Morgan fingerprint density at radius 1 is 0.762 bits per heavy atom. The lowest BCUT2D eigenvalue weighted by atomic mass is 9.72. The van der Waals surface area contributed by atoms with Gasteiger partial charge in [0, 0.05) is 31.2 Å². The van der Waals surface area contributed by atoms with E-state index in [4.69, 9.17) is 0 Å². The van der Waals surface area contributed by atoms with Gasteiger partial charge < -0.3 is 10.2 Å². The van der Waals surface area contributed by atoms with Crippen LogP contribution in [0.15, 0.2) is 0 Å². The van der Waals surface area contributed by atoms with Gasteiger partial charge in [0.05, 0.1) is 0 Å². The van der Waals surface area contributed by atoms with E-state index in [1.54, 1.807) is 0 Å². The van der Waals surface area contributed by atoms with Crippen LogP contribution in [0.3, 0.4) is 0 Å². The minimum absolute atomic E-state index is 0.732. The topological polar surface area (TPSA) is 15.3 Å². The maximum absolute atomic E-state index is 4.16. The van der Waals surface area contributed by atoms with Crippen LogP contribution in [0.4, 0.5) is 0 Å². The second-order valence-corrected chi connectivity index (χ2v) is 8.23. The van der Waals surface area contributed by atoms with Crippen LogP contribution >= 0.6 is 0 Å². The first-order valence-corrected chi connectivity index (χ1v) is 9.74. The maximum Gasteiger partial charge on any atom is 0.0151 e.